The summed E-state index contributed by atoms with van der Waals surface area (Å²) in [5.41, 5.74) is 2.08. The Kier molecular flexibility index (Phi) is 6.63. The number of carbonyl (C=O) groups is 1. The SMILES string of the molecule is O=C(Cc1ccc(Cl)cn1)CN(CCc1cccc(Br)c1)CC1CC1. The lowest BCUT2D eigenvalue weighted by molar-refractivity contribution is -0.119. The average Bonchev–Trinajstić information content (AvgIpc) is 3.39. The molecule has 25 heavy (non-hydrogen) atoms. The Hall–Kier alpha value is -1.23. The first-order chi connectivity index (χ1) is 12.1. The number of rotatable bonds is 9. The van der Waals surface area contributed by atoms with Crippen LogP contribution in [0, 0.1) is 5.92 Å². The Labute approximate surface area is 162 Å². The van der Waals surface area contributed by atoms with E-state index in [4.69, 9.17) is 11.6 Å². The number of hydrogen-bond donors (Lipinski definition) is 0. The van der Waals surface area contributed by atoms with Gasteiger partial charge in [-0.05, 0) is 55.0 Å². The van der Waals surface area contributed by atoms with Crippen LogP contribution in [-0.4, -0.2) is 35.3 Å². The van der Waals surface area contributed by atoms with E-state index in [1.165, 1.54) is 18.4 Å². The summed E-state index contributed by atoms with van der Waals surface area (Å²) in [4.78, 5) is 19.0. The molecule has 1 aliphatic carbocycles. The van der Waals surface area contributed by atoms with Crippen LogP contribution in [0.4, 0.5) is 0 Å². The fourth-order valence-corrected chi connectivity index (χ4v) is 3.46. The number of halogens is 2. The van der Waals surface area contributed by atoms with Crippen molar-refractivity contribution in [2.24, 2.45) is 5.92 Å². The van der Waals surface area contributed by atoms with Gasteiger partial charge in [-0.1, -0.05) is 39.7 Å². The van der Waals surface area contributed by atoms with Gasteiger partial charge in [0, 0.05) is 29.5 Å². The van der Waals surface area contributed by atoms with Gasteiger partial charge in [-0.15, -0.1) is 0 Å². The van der Waals surface area contributed by atoms with Crippen LogP contribution in [0.2, 0.25) is 5.02 Å². The van der Waals surface area contributed by atoms with Crippen LogP contribution in [-0.2, 0) is 17.6 Å². The third-order valence-electron chi connectivity index (χ3n) is 4.39. The molecule has 0 atom stereocenters. The molecule has 0 amide bonds. The monoisotopic (exact) mass is 420 g/mol. The molecule has 1 aliphatic rings. The van der Waals surface area contributed by atoms with Crippen molar-refractivity contribution in [1.29, 1.82) is 0 Å². The minimum Gasteiger partial charge on any atom is -0.298 e. The second-order valence-electron chi connectivity index (χ2n) is 6.74. The van der Waals surface area contributed by atoms with Crippen LogP contribution in [0.25, 0.3) is 0 Å². The maximum Gasteiger partial charge on any atom is 0.152 e. The maximum absolute atomic E-state index is 12.5. The molecule has 0 bridgehead atoms. The summed E-state index contributed by atoms with van der Waals surface area (Å²) in [7, 11) is 0. The summed E-state index contributed by atoms with van der Waals surface area (Å²) in [6.45, 7) is 2.43. The Morgan fingerprint density at radius 2 is 2.12 bits per heavy atom. The first-order valence-corrected chi connectivity index (χ1v) is 9.84. The molecule has 2 aromatic rings. The highest BCUT2D eigenvalue weighted by molar-refractivity contribution is 9.10. The van der Waals surface area contributed by atoms with E-state index in [9.17, 15) is 4.79 Å². The number of aromatic nitrogens is 1. The smallest absolute Gasteiger partial charge is 0.152 e. The standard InChI is InChI=1S/C20H22BrClN2O/c21-17-3-1-2-15(10-17)8-9-24(13-16-4-5-16)14-20(25)11-19-7-6-18(22)12-23-19/h1-3,6-7,10,12,16H,4-5,8-9,11,13-14H2. The number of ketones is 1. The Balaban J connectivity index is 1.54. The van der Waals surface area contributed by atoms with Crippen molar-refractivity contribution in [2.45, 2.75) is 25.7 Å². The molecule has 0 unspecified atom stereocenters. The van der Waals surface area contributed by atoms with E-state index in [-0.39, 0.29) is 5.78 Å². The second kappa shape index (κ2) is 8.93. The van der Waals surface area contributed by atoms with Gasteiger partial charge in [0.15, 0.2) is 5.78 Å². The van der Waals surface area contributed by atoms with Gasteiger partial charge < -0.3 is 0 Å². The second-order valence-corrected chi connectivity index (χ2v) is 8.09. The lowest BCUT2D eigenvalue weighted by Gasteiger charge is -2.21. The highest BCUT2D eigenvalue weighted by Gasteiger charge is 2.25. The molecule has 1 fully saturated rings. The third-order valence-corrected chi connectivity index (χ3v) is 5.10. The number of benzene rings is 1. The van der Waals surface area contributed by atoms with Crippen LogP contribution >= 0.6 is 27.5 Å². The molecule has 3 rings (SSSR count). The summed E-state index contributed by atoms with van der Waals surface area (Å²) >= 11 is 9.37. The summed E-state index contributed by atoms with van der Waals surface area (Å²) < 4.78 is 1.10. The van der Waals surface area contributed by atoms with Gasteiger partial charge >= 0.3 is 0 Å². The van der Waals surface area contributed by atoms with Crippen molar-refractivity contribution in [3.8, 4) is 0 Å². The van der Waals surface area contributed by atoms with E-state index >= 15 is 0 Å². The normalized spacial score (nSPS) is 14.0. The Morgan fingerprint density at radius 3 is 2.80 bits per heavy atom. The molecule has 1 saturated carbocycles. The summed E-state index contributed by atoms with van der Waals surface area (Å²) in [5, 5.41) is 0.598. The van der Waals surface area contributed by atoms with Crippen LogP contribution in [0.1, 0.15) is 24.1 Å². The number of pyridine rings is 1. The lowest BCUT2D eigenvalue weighted by atomic mass is 10.1. The van der Waals surface area contributed by atoms with E-state index in [0.717, 1.165) is 35.6 Å². The highest BCUT2D eigenvalue weighted by Crippen LogP contribution is 2.29. The quantitative estimate of drug-likeness (QED) is 0.595. The van der Waals surface area contributed by atoms with E-state index in [2.05, 4.69) is 44.0 Å². The number of hydrogen-bond acceptors (Lipinski definition) is 3. The van der Waals surface area contributed by atoms with E-state index in [1.807, 2.05) is 12.1 Å². The Morgan fingerprint density at radius 1 is 1.28 bits per heavy atom. The zero-order valence-corrected chi connectivity index (χ0v) is 16.5. The predicted molar refractivity (Wildman–Crippen MR) is 105 cm³/mol. The van der Waals surface area contributed by atoms with E-state index in [1.54, 1.807) is 12.3 Å². The Bertz CT molecular complexity index is 716. The summed E-state index contributed by atoms with van der Waals surface area (Å²) in [6.07, 6.45) is 5.51. The van der Waals surface area contributed by atoms with Gasteiger partial charge in [-0.25, -0.2) is 0 Å². The molecule has 0 radical (unpaired) electrons. The van der Waals surface area contributed by atoms with Crippen molar-refractivity contribution >= 4 is 33.3 Å². The molecule has 0 saturated heterocycles. The molecular weight excluding hydrogens is 400 g/mol. The number of Topliss-reactive ketones (excluding diaryl/α,β-unsaturated/α-hetero) is 1. The molecule has 1 aromatic carbocycles. The fourth-order valence-electron chi connectivity index (χ4n) is 2.90. The van der Waals surface area contributed by atoms with Gasteiger partial charge in [0.2, 0.25) is 0 Å². The first kappa shape index (κ1) is 18.6. The molecule has 0 spiro atoms. The van der Waals surface area contributed by atoms with Crippen molar-refractivity contribution in [1.82, 2.24) is 9.88 Å². The van der Waals surface area contributed by atoms with Crippen molar-refractivity contribution < 1.29 is 4.79 Å². The van der Waals surface area contributed by atoms with E-state index < -0.39 is 0 Å². The zero-order valence-electron chi connectivity index (χ0n) is 14.1. The van der Waals surface area contributed by atoms with Crippen molar-refractivity contribution in [3.05, 3.63) is 63.3 Å². The molecule has 0 aliphatic heterocycles. The molecule has 1 aromatic heterocycles. The lowest BCUT2D eigenvalue weighted by Crippen LogP contribution is -2.34. The third kappa shape index (κ3) is 6.53. The van der Waals surface area contributed by atoms with E-state index in [0.29, 0.717) is 18.0 Å². The molecule has 132 valence electrons. The maximum atomic E-state index is 12.5. The largest absolute Gasteiger partial charge is 0.298 e. The predicted octanol–water partition coefficient (Wildman–Crippen LogP) is 4.56. The van der Waals surface area contributed by atoms with Crippen LogP contribution in [0.5, 0.6) is 0 Å². The van der Waals surface area contributed by atoms with Crippen molar-refractivity contribution in [3.63, 3.8) is 0 Å². The fraction of sp³-hybridized carbons (Fsp3) is 0.400. The minimum absolute atomic E-state index is 0.213. The molecule has 5 heteroatoms. The topological polar surface area (TPSA) is 33.2 Å². The minimum atomic E-state index is 0.213. The summed E-state index contributed by atoms with van der Waals surface area (Å²) in [5.74, 6) is 0.980. The zero-order chi connectivity index (χ0) is 17.6. The molecule has 1 heterocycles. The van der Waals surface area contributed by atoms with Gasteiger partial charge in [-0.3, -0.25) is 14.7 Å². The molecule has 3 nitrogen and oxygen atoms in total. The first-order valence-electron chi connectivity index (χ1n) is 8.67. The van der Waals surface area contributed by atoms with Crippen LogP contribution in [0.15, 0.2) is 47.1 Å². The number of nitrogens with zero attached hydrogens (tertiary/aromatic N) is 2. The summed E-state index contributed by atoms with van der Waals surface area (Å²) in [6, 6.07) is 12.0. The average molecular weight is 422 g/mol. The van der Waals surface area contributed by atoms with Crippen molar-refractivity contribution in [2.75, 3.05) is 19.6 Å². The van der Waals surface area contributed by atoms with Gasteiger partial charge in [0.1, 0.15) is 0 Å². The van der Waals surface area contributed by atoms with Gasteiger partial charge in [0.25, 0.3) is 0 Å². The van der Waals surface area contributed by atoms with Gasteiger partial charge in [-0.2, -0.15) is 0 Å². The number of carbonyl (C=O) groups excluding carboxylic acids is 1. The highest BCUT2D eigenvalue weighted by atomic mass is 79.9. The van der Waals surface area contributed by atoms with Gasteiger partial charge in [0.05, 0.1) is 18.0 Å². The molecule has 0 N–H and O–H groups in total. The van der Waals surface area contributed by atoms with Crippen LogP contribution < -0.4 is 0 Å². The molecular formula is C20H22BrClN2O. The van der Waals surface area contributed by atoms with Crippen LogP contribution in [0.3, 0.4) is 0 Å².